The van der Waals surface area contributed by atoms with E-state index in [4.69, 9.17) is 10.8 Å². The minimum Gasteiger partial charge on any atom is -0.481 e. The van der Waals surface area contributed by atoms with Crippen LogP contribution in [0.3, 0.4) is 0 Å². The van der Waals surface area contributed by atoms with Crippen LogP contribution in [0.4, 0.5) is 0 Å². The van der Waals surface area contributed by atoms with E-state index in [1.807, 2.05) is 0 Å². The quantitative estimate of drug-likeness (QED) is 0.770. The van der Waals surface area contributed by atoms with Crippen molar-refractivity contribution in [3.63, 3.8) is 0 Å². The predicted octanol–water partition coefficient (Wildman–Crippen LogP) is 1.11. The van der Waals surface area contributed by atoms with Gasteiger partial charge in [0.1, 0.15) is 0 Å². The zero-order chi connectivity index (χ0) is 13.2. The average molecular weight is 254 g/mol. The summed E-state index contributed by atoms with van der Waals surface area (Å²) in [7, 11) is 0. The molecule has 0 radical (unpaired) electrons. The molecule has 0 saturated heterocycles. The number of amides is 1. The summed E-state index contributed by atoms with van der Waals surface area (Å²) in [6.45, 7) is 0.303. The third-order valence-corrected chi connectivity index (χ3v) is 3.99. The number of hydrogen-bond acceptors (Lipinski definition) is 3. The number of carboxylic acid groups (broad SMARTS) is 1. The summed E-state index contributed by atoms with van der Waals surface area (Å²) in [6.07, 6.45) is 6.61. The molecular weight excluding hydrogens is 232 g/mol. The molecule has 2 saturated carbocycles. The minimum absolute atomic E-state index is 0.0122. The molecule has 0 heterocycles. The van der Waals surface area contributed by atoms with Gasteiger partial charge < -0.3 is 15.7 Å². The second-order valence-corrected chi connectivity index (χ2v) is 5.59. The topological polar surface area (TPSA) is 83.6 Å². The van der Waals surface area contributed by atoms with Gasteiger partial charge in [-0.25, -0.2) is 0 Å². The fraction of sp³-hybridized carbons (Fsp3) is 0.846. The molecule has 1 amide bonds. The first-order valence-corrected chi connectivity index (χ1v) is 6.85. The Morgan fingerprint density at radius 1 is 1.22 bits per heavy atom. The molecule has 0 aromatic rings. The second kappa shape index (κ2) is 5.26. The summed E-state index contributed by atoms with van der Waals surface area (Å²) < 4.78 is 0. The molecule has 0 aliphatic heterocycles. The smallest absolute Gasteiger partial charge is 0.305 e. The fourth-order valence-corrected chi connectivity index (χ4v) is 2.73. The molecule has 2 rings (SSSR count). The lowest BCUT2D eigenvalue weighted by atomic mass is 9.81. The van der Waals surface area contributed by atoms with Crippen LogP contribution in [-0.4, -0.2) is 40.0 Å². The van der Waals surface area contributed by atoms with Crippen molar-refractivity contribution in [3.8, 4) is 0 Å². The van der Waals surface area contributed by atoms with Crippen molar-refractivity contribution in [1.82, 2.24) is 4.90 Å². The number of carbonyl (C=O) groups excluding carboxylic acids is 1. The van der Waals surface area contributed by atoms with Crippen LogP contribution in [0.25, 0.3) is 0 Å². The van der Waals surface area contributed by atoms with Gasteiger partial charge >= 0.3 is 5.97 Å². The van der Waals surface area contributed by atoms with Crippen molar-refractivity contribution in [1.29, 1.82) is 0 Å². The van der Waals surface area contributed by atoms with Crippen LogP contribution in [0.1, 0.15) is 51.4 Å². The van der Waals surface area contributed by atoms with E-state index >= 15 is 0 Å². The first-order valence-electron chi connectivity index (χ1n) is 6.85. The van der Waals surface area contributed by atoms with Crippen molar-refractivity contribution < 1.29 is 14.7 Å². The molecule has 2 fully saturated rings. The Morgan fingerprint density at radius 3 is 2.33 bits per heavy atom. The Balaban J connectivity index is 2.00. The van der Waals surface area contributed by atoms with Gasteiger partial charge in [0.15, 0.2) is 0 Å². The van der Waals surface area contributed by atoms with Crippen LogP contribution in [-0.2, 0) is 9.59 Å². The highest BCUT2D eigenvalue weighted by Crippen LogP contribution is 2.33. The van der Waals surface area contributed by atoms with E-state index in [0.29, 0.717) is 6.54 Å². The maximum Gasteiger partial charge on any atom is 0.305 e. The van der Waals surface area contributed by atoms with Crippen LogP contribution in [0.15, 0.2) is 0 Å². The number of rotatable bonds is 5. The molecule has 18 heavy (non-hydrogen) atoms. The molecule has 102 valence electrons. The Morgan fingerprint density at radius 2 is 1.83 bits per heavy atom. The number of aliphatic carboxylic acids is 1. The second-order valence-electron chi connectivity index (χ2n) is 5.59. The third-order valence-electron chi connectivity index (χ3n) is 3.99. The monoisotopic (exact) mass is 254 g/mol. The maximum absolute atomic E-state index is 12.5. The first kappa shape index (κ1) is 13.3. The van der Waals surface area contributed by atoms with E-state index in [-0.39, 0.29) is 18.4 Å². The lowest BCUT2D eigenvalue weighted by Crippen LogP contribution is -2.57. The van der Waals surface area contributed by atoms with Gasteiger partial charge in [-0.2, -0.15) is 0 Å². The van der Waals surface area contributed by atoms with Crippen LogP contribution in [0.2, 0.25) is 0 Å². The Bertz CT molecular complexity index is 333. The van der Waals surface area contributed by atoms with Crippen molar-refractivity contribution in [3.05, 3.63) is 0 Å². The number of hydrogen-bond donors (Lipinski definition) is 2. The standard InChI is InChI=1S/C13H22N2O3/c14-13(7-2-1-3-8-13)12(18)15(10-4-5-10)9-6-11(16)17/h10H,1-9,14H2,(H,16,17). The molecule has 0 spiro atoms. The summed E-state index contributed by atoms with van der Waals surface area (Å²) in [5, 5.41) is 8.75. The molecule has 0 unspecified atom stereocenters. The highest BCUT2D eigenvalue weighted by atomic mass is 16.4. The van der Waals surface area contributed by atoms with Gasteiger partial charge in [0.25, 0.3) is 0 Å². The minimum atomic E-state index is -0.858. The molecule has 0 aromatic carbocycles. The molecule has 0 aromatic heterocycles. The van der Waals surface area contributed by atoms with Crippen molar-refractivity contribution in [2.24, 2.45) is 5.73 Å². The molecule has 5 heteroatoms. The number of nitrogens with two attached hydrogens (primary N) is 1. The molecule has 0 atom stereocenters. The molecule has 2 aliphatic carbocycles. The SMILES string of the molecule is NC1(C(=O)N(CCC(=O)O)C2CC2)CCCCC1. The fourth-order valence-electron chi connectivity index (χ4n) is 2.73. The zero-order valence-corrected chi connectivity index (χ0v) is 10.7. The average Bonchev–Trinajstić information content (AvgIpc) is 3.14. The Kier molecular flexibility index (Phi) is 3.90. The van der Waals surface area contributed by atoms with Gasteiger partial charge in [-0.15, -0.1) is 0 Å². The lowest BCUT2D eigenvalue weighted by molar-refractivity contribution is -0.141. The lowest BCUT2D eigenvalue weighted by Gasteiger charge is -2.37. The molecular formula is C13H22N2O3. The van der Waals surface area contributed by atoms with Gasteiger partial charge in [-0.1, -0.05) is 19.3 Å². The van der Waals surface area contributed by atoms with Crippen LogP contribution >= 0.6 is 0 Å². The summed E-state index contributed by atoms with van der Waals surface area (Å²) in [5.74, 6) is -0.880. The van der Waals surface area contributed by atoms with E-state index in [9.17, 15) is 9.59 Å². The van der Waals surface area contributed by atoms with Gasteiger partial charge in [-0.3, -0.25) is 9.59 Å². The summed E-state index contributed by atoms with van der Waals surface area (Å²) in [5.41, 5.74) is 5.50. The van der Waals surface area contributed by atoms with Gasteiger partial charge in [0.05, 0.1) is 12.0 Å². The normalized spacial score (nSPS) is 22.5. The Labute approximate surface area is 107 Å². The van der Waals surface area contributed by atoms with Gasteiger partial charge in [0, 0.05) is 12.6 Å². The van der Waals surface area contributed by atoms with Crippen LogP contribution in [0.5, 0.6) is 0 Å². The molecule has 3 N–H and O–H groups in total. The van der Waals surface area contributed by atoms with E-state index in [2.05, 4.69) is 0 Å². The highest BCUT2D eigenvalue weighted by molar-refractivity contribution is 5.87. The highest BCUT2D eigenvalue weighted by Gasteiger charge is 2.43. The third kappa shape index (κ3) is 3.02. The van der Waals surface area contributed by atoms with Crippen LogP contribution < -0.4 is 5.73 Å². The zero-order valence-electron chi connectivity index (χ0n) is 10.7. The maximum atomic E-state index is 12.5. The molecule has 2 aliphatic rings. The molecule has 5 nitrogen and oxygen atoms in total. The van der Waals surface area contributed by atoms with Gasteiger partial charge in [-0.05, 0) is 25.7 Å². The summed E-state index contributed by atoms with van der Waals surface area (Å²) in [6, 6.07) is 0.235. The van der Waals surface area contributed by atoms with E-state index < -0.39 is 11.5 Å². The van der Waals surface area contributed by atoms with Crippen LogP contribution in [0, 0.1) is 0 Å². The molecule has 0 bridgehead atoms. The van der Waals surface area contributed by atoms with Crippen molar-refractivity contribution >= 4 is 11.9 Å². The van der Waals surface area contributed by atoms with E-state index in [1.165, 1.54) is 0 Å². The Hall–Kier alpha value is -1.10. The number of nitrogens with zero attached hydrogens (tertiary/aromatic N) is 1. The van der Waals surface area contributed by atoms with E-state index in [0.717, 1.165) is 44.9 Å². The number of carboxylic acids is 1. The predicted molar refractivity (Wildman–Crippen MR) is 67.0 cm³/mol. The summed E-state index contributed by atoms with van der Waals surface area (Å²) in [4.78, 5) is 24.9. The van der Waals surface area contributed by atoms with Gasteiger partial charge in [0.2, 0.25) is 5.91 Å². The summed E-state index contributed by atoms with van der Waals surface area (Å²) >= 11 is 0. The van der Waals surface area contributed by atoms with Crippen molar-refractivity contribution in [2.45, 2.75) is 62.9 Å². The van der Waals surface area contributed by atoms with E-state index in [1.54, 1.807) is 4.90 Å². The van der Waals surface area contributed by atoms with Crippen molar-refractivity contribution in [2.75, 3.05) is 6.54 Å². The number of carbonyl (C=O) groups is 2. The largest absolute Gasteiger partial charge is 0.481 e. The first-order chi connectivity index (χ1) is 8.53.